The third kappa shape index (κ3) is 4.16. The van der Waals surface area contributed by atoms with Crippen LogP contribution in [0.3, 0.4) is 0 Å². The van der Waals surface area contributed by atoms with Gasteiger partial charge in [-0.25, -0.2) is 0 Å². The van der Waals surface area contributed by atoms with E-state index in [1.165, 1.54) is 5.56 Å². The predicted octanol–water partition coefficient (Wildman–Crippen LogP) is 2.34. The molecule has 0 atom stereocenters. The van der Waals surface area contributed by atoms with Gasteiger partial charge in [0.1, 0.15) is 0 Å². The molecule has 4 nitrogen and oxygen atoms in total. The highest BCUT2D eigenvalue weighted by Crippen LogP contribution is 2.10. The van der Waals surface area contributed by atoms with E-state index in [9.17, 15) is 0 Å². The van der Waals surface area contributed by atoms with Gasteiger partial charge in [-0.3, -0.25) is 4.90 Å². The Balaban J connectivity index is 1.40. The molecular formula is C17H23N3O. The van der Waals surface area contributed by atoms with Crippen LogP contribution in [0.25, 0.3) is 0 Å². The van der Waals surface area contributed by atoms with Crippen molar-refractivity contribution in [3.8, 4) is 0 Å². The van der Waals surface area contributed by atoms with Crippen molar-refractivity contribution in [1.82, 2.24) is 15.0 Å². The van der Waals surface area contributed by atoms with Crippen molar-refractivity contribution in [2.45, 2.75) is 19.9 Å². The lowest BCUT2D eigenvalue weighted by Gasteiger charge is -2.34. The van der Waals surface area contributed by atoms with E-state index in [2.05, 4.69) is 45.3 Å². The third-order valence-electron chi connectivity index (χ3n) is 4.08. The van der Waals surface area contributed by atoms with Crippen molar-refractivity contribution >= 4 is 0 Å². The molecule has 112 valence electrons. The quantitative estimate of drug-likeness (QED) is 0.844. The maximum Gasteiger partial charge on any atom is 0.150 e. The first-order chi connectivity index (χ1) is 10.3. The summed E-state index contributed by atoms with van der Waals surface area (Å²) in [6.45, 7) is 8.49. The van der Waals surface area contributed by atoms with Crippen LogP contribution in [-0.4, -0.2) is 47.7 Å². The van der Waals surface area contributed by atoms with Crippen LogP contribution in [-0.2, 0) is 13.0 Å². The van der Waals surface area contributed by atoms with Gasteiger partial charge in [-0.1, -0.05) is 35.5 Å². The highest BCUT2D eigenvalue weighted by Gasteiger charge is 2.17. The van der Waals surface area contributed by atoms with Crippen molar-refractivity contribution in [1.29, 1.82) is 0 Å². The number of rotatable bonds is 5. The van der Waals surface area contributed by atoms with E-state index in [0.29, 0.717) is 0 Å². The zero-order chi connectivity index (χ0) is 14.5. The van der Waals surface area contributed by atoms with Gasteiger partial charge in [-0.05, 0) is 18.9 Å². The zero-order valence-electron chi connectivity index (χ0n) is 12.7. The topological polar surface area (TPSA) is 32.5 Å². The second-order valence-corrected chi connectivity index (χ2v) is 5.79. The van der Waals surface area contributed by atoms with Gasteiger partial charge in [-0.2, -0.15) is 0 Å². The number of nitrogens with zero attached hydrogens (tertiary/aromatic N) is 3. The molecule has 1 aromatic heterocycles. The average molecular weight is 285 g/mol. The van der Waals surface area contributed by atoms with Crippen LogP contribution in [0, 0.1) is 6.92 Å². The first kappa shape index (κ1) is 14.3. The Hall–Kier alpha value is -1.65. The fourth-order valence-electron chi connectivity index (χ4n) is 2.81. The van der Waals surface area contributed by atoms with E-state index in [4.69, 9.17) is 4.52 Å². The van der Waals surface area contributed by atoms with Gasteiger partial charge in [0, 0.05) is 38.8 Å². The predicted molar refractivity (Wildman–Crippen MR) is 83.1 cm³/mol. The highest BCUT2D eigenvalue weighted by molar-refractivity contribution is 5.14. The molecule has 21 heavy (non-hydrogen) atoms. The number of piperazine rings is 1. The Morgan fingerprint density at radius 1 is 1.05 bits per heavy atom. The second-order valence-electron chi connectivity index (χ2n) is 5.79. The summed E-state index contributed by atoms with van der Waals surface area (Å²) >= 11 is 0. The highest BCUT2D eigenvalue weighted by atomic mass is 16.5. The van der Waals surface area contributed by atoms with Gasteiger partial charge in [0.15, 0.2) is 5.76 Å². The van der Waals surface area contributed by atoms with Gasteiger partial charge < -0.3 is 9.42 Å². The Kier molecular flexibility index (Phi) is 4.68. The molecule has 0 spiro atoms. The maximum atomic E-state index is 5.29. The Labute approximate surface area is 126 Å². The van der Waals surface area contributed by atoms with Crippen molar-refractivity contribution in [2.24, 2.45) is 0 Å². The smallest absolute Gasteiger partial charge is 0.150 e. The number of aromatic nitrogens is 1. The molecule has 1 aliphatic rings. The lowest BCUT2D eigenvalue weighted by Crippen LogP contribution is -2.46. The molecule has 1 fully saturated rings. The molecule has 1 aromatic carbocycles. The molecule has 0 radical (unpaired) electrons. The number of hydrogen-bond acceptors (Lipinski definition) is 4. The molecule has 2 aromatic rings. The molecule has 0 N–H and O–H groups in total. The standard InChI is InChI=1S/C17H23N3O/c1-15-13-17(21-18-15)14-20-11-9-19(10-12-20)8-7-16-5-3-2-4-6-16/h2-6,13H,7-12,14H2,1H3. The zero-order valence-corrected chi connectivity index (χ0v) is 12.7. The van der Waals surface area contributed by atoms with Crippen LogP contribution in [0.2, 0.25) is 0 Å². The van der Waals surface area contributed by atoms with Crippen molar-refractivity contribution in [3.05, 3.63) is 53.4 Å². The number of benzene rings is 1. The fourth-order valence-corrected chi connectivity index (χ4v) is 2.81. The fraction of sp³-hybridized carbons (Fsp3) is 0.471. The molecule has 3 rings (SSSR count). The summed E-state index contributed by atoms with van der Waals surface area (Å²) in [5.41, 5.74) is 2.39. The SMILES string of the molecule is Cc1cc(CN2CCN(CCc3ccccc3)CC2)on1. The van der Waals surface area contributed by atoms with E-state index < -0.39 is 0 Å². The van der Waals surface area contributed by atoms with Crippen molar-refractivity contribution in [2.75, 3.05) is 32.7 Å². The van der Waals surface area contributed by atoms with Crippen molar-refractivity contribution < 1.29 is 4.52 Å². The van der Waals surface area contributed by atoms with E-state index in [1.54, 1.807) is 0 Å². The lowest BCUT2D eigenvalue weighted by molar-refractivity contribution is 0.119. The Morgan fingerprint density at radius 3 is 2.43 bits per heavy atom. The summed E-state index contributed by atoms with van der Waals surface area (Å²) in [4.78, 5) is 4.99. The molecule has 0 aliphatic carbocycles. The molecule has 0 saturated carbocycles. The summed E-state index contributed by atoms with van der Waals surface area (Å²) in [7, 11) is 0. The van der Waals surface area contributed by atoms with E-state index in [-0.39, 0.29) is 0 Å². The summed E-state index contributed by atoms with van der Waals surface area (Å²) < 4.78 is 5.29. The molecular weight excluding hydrogens is 262 g/mol. The van der Waals surface area contributed by atoms with E-state index in [0.717, 1.165) is 57.1 Å². The Morgan fingerprint density at radius 2 is 1.76 bits per heavy atom. The van der Waals surface area contributed by atoms with Gasteiger partial charge >= 0.3 is 0 Å². The van der Waals surface area contributed by atoms with Crippen LogP contribution < -0.4 is 0 Å². The minimum absolute atomic E-state index is 0.882. The summed E-state index contributed by atoms with van der Waals surface area (Å²) in [6, 6.07) is 12.8. The van der Waals surface area contributed by atoms with Crippen LogP contribution in [0.1, 0.15) is 17.0 Å². The third-order valence-corrected chi connectivity index (χ3v) is 4.08. The van der Waals surface area contributed by atoms with Crippen LogP contribution in [0.5, 0.6) is 0 Å². The largest absolute Gasteiger partial charge is 0.360 e. The average Bonchev–Trinajstić information content (AvgIpc) is 2.93. The van der Waals surface area contributed by atoms with Crippen molar-refractivity contribution in [3.63, 3.8) is 0 Å². The first-order valence-electron chi connectivity index (χ1n) is 7.70. The molecule has 4 heteroatoms. The van der Waals surface area contributed by atoms with Crippen LogP contribution in [0.4, 0.5) is 0 Å². The number of hydrogen-bond donors (Lipinski definition) is 0. The van der Waals surface area contributed by atoms with Crippen LogP contribution >= 0.6 is 0 Å². The maximum absolute atomic E-state index is 5.29. The minimum atomic E-state index is 0.882. The van der Waals surface area contributed by atoms with Gasteiger partial charge in [-0.15, -0.1) is 0 Å². The van der Waals surface area contributed by atoms with E-state index in [1.807, 2.05) is 13.0 Å². The molecule has 1 aliphatic heterocycles. The first-order valence-corrected chi connectivity index (χ1v) is 7.70. The molecule has 2 heterocycles. The molecule has 1 saturated heterocycles. The summed E-state index contributed by atoms with van der Waals surface area (Å²) in [6.07, 6.45) is 1.14. The number of aryl methyl sites for hydroxylation is 1. The van der Waals surface area contributed by atoms with E-state index >= 15 is 0 Å². The van der Waals surface area contributed by atoms with Gasteiger partial charge in [0.25, 0.3) is 0 Å². The summed E-state index contributed by atoms with van der Waals surface area (Å²) in [5.74, 6) is 0.977. The lowest BCUT2D eigenvalue weighted by atomic mass is 10.1. The van der Waals surface area contributed by atoms with Gasteiger partial charge in [0.05, 0.1) is 12.2 Å². The normalized spacial score (nSPS) is 17.2. The summed E-state index contributed by atoms with van der Waals surface area (Å²) in [5, 5.41) is 3.95. The molecule has 0 bridgehead atoms. The molecule has 0 amide bonds. The molecule has 0 unspecified atom stereocenters. The minimum Gasteiger partial charge on any atom is -0.360 e. The second kappa shape index (κ2) is 6.87. The Bertz CT molecular complexity index is 544. The monoisotopic (exact) mass is 285 g/mol. The van der Waals surface area contributed by atoms with Gasteiger partial charge in [0.2, 0.25) is 0 Å². The van der Waals surface area contributed by atoms with Crippen LogP contribution in [0.15, 0.2) is 40.9 Å².